The van der Waals surface area contributed by atoms with Crippen LogP contribution in [-0.4, -0.2) is 16.8 Å². The Morgan fingerprint density at radius 3 is 2.19 bits per heavy atom. The molecular weight excluding hydrogens is 326 g/mol. The van der Waals surface area contributed by atoms with Gasteiger partial charge in [0.05, 0.1) is 11.7 Å². The fourth-order valence-electron chi connectivity index (χ4n) is 2.61. The maximum atomic E-state index is 12.5. The summed E-state index contributed by atoms with van der Waals surface area (Å²) in [7, 11) is 0. The fraction of sp³-hybridized carbons (Fsp3) is 0.0952. The van der Waals surface area contributed by atoms with E-state index in [9.17, 15) is 9.59 Å². The molecule has 0 aliphatic heterocycles. The fourth-order valence-corrected chi connectivity index (χ4v) is 2.61. The van der Waals surface area contributed by atoms with Crippen LogP contribution < -0.4 is 10.6 Å². The molecule has 1 aromatic heterocycles. The number of hydrogen-bond acceptors (Lipinski definition) is 3. The van der Waals surface area contributed by atoms with E-state index in [4.69, 9.17) is 0 Å². The molecule has 26 heavy (non-hydrogen) atoms. The molecule has 0 radical (unpaired) electrons. The van der Waals surface area contributed by atoms with Crippen molar-refractivity contribution in [3.05, 3.63) is 95.8 Å². The van der Waals surface area contributed by atoms with E-state index in [0.717, 1.165) is 11.3 Å². The minimum absolute atomic E-state index is 0.0136. The average molecular weight is 345 g/mol. The summed E-state index contributed by atoms with van der Waals surface area (Å²) in [4.78, 5) is 28.2. The predicted octanol–water partition coefficient (Wildman–Crippen LogP) is 4.20. The van der Waals surface area contributed by atoms with E-state index < -0.39 is 0 Å². The average Bonchev–Trinajstić information content (AvgIpc) is 2.68. The van der Waals surface area contributed by atoms with Crippen LogP contribution in [0.4, 0.5) is 10.5 Å². The van der Waals surface area contributed by atoms with Crippen LogP contribution in [0, 0.1) is 0 Å². The molecule has 2 aromatic carbocycles. The van der Waals surface area contributed by atoms with Crippen LogP contribution in [0.2, 0.25) is 0 Å². The van der Waals surface area contributed by atoms with Crippen LogP contribution >= 0.6 is 0 Å². The van der Waals surface area contributed by atoms with E-state index in [1.807, 2.05) is 48.5 Å². The summed E-state index contributed by atoms with van der Waals surface area (Å²) in [6, 6.07) is 21.3. The highest BCUT2D eigenvalue weighted by Crippen LogP contribution is 2.20. The smallest absolute Gasteiger partial charge is 0.320 e. The van der Waals surface area contributed by atoms with Crippen LogP contribution in [0.25, 0.3) is 0 Å². The molecule has 2 N–H and O–H groups in total. The van der Waals surface area contributed by atoms with Gasteiger partial charge in [0.1, 0.15) is 0 Å². The minimum Gasteiger partial charge on any atom is -0.325 e. The predicted molar refractivity (Wildman–Crippen MR) is 101 cm³/mol. The third-order valence-corrected chi connectivity index (χ3v) is 3.94. The maximum absolute atomic E-state index is 12.5. The van der Waals surface area contributed by atoms with Gasteiger partial charge in [-0.25, -0.2) is 4.79 Å². The summed E-state index contributed by atoms with van der Waals surface area (Å²) < 4.78 is 0. The summed E-state index contributed by atoms with van der Waals surface area (Å²) in [5.74, 6) is -0.0136. The SMILES string of the molecule is CC(=O)c1ccc(NC(=O)NC(c2ccccc2)c2ccccn2)cc1. The van der Waals surface area contributed by atoms with Gasteiger partial charge in [-0.2, -0.15) is 0 Å². The number of rotatable bonds is 5. The monoisotopic (exact) mass is 345 g/mol. The topological polar surface area (TPSA) is 71.1 Å². The molecule has 0 fully saturated rings. The van der Waals surface area contributed by atoms with Gasteiger partial charge in [-0.05, 0) is 48.9 Å². The number of carbonyl (C=O) groups is 2. The number of anilines is 1. The van der Waals surface area contributed by atoms with E-state index in [2.05, 4.69) is 15.6 Å². The molecule has 5 nitrogen and oxygen atoms in total. The lowest BCUT2D eigenvalue weighted by Crippen LogP contribution is -2.33. The lowest BCUT2D eigenvalue weighted by atomic mass is 10.0. The molecule has 0 spiro atoms. The normalized spacial score (nSPS) is 11.4. The van der Waals surface area contributed by atoms with Crippen molar-refractivity contribution in [1.29, 1.82) is 0 Å². The summed E-state index contributed by atoms with van der Waals surface area (Å²) in [5.41, 5.74) is 2.90. The molecule has 1 heterocycles. The van der Waals surface area contributed by atoms with E-state index in [1.165, 1.54) is 6.92 Å². The molecule has 0 saturated carbocycles. The first-order valence-corrected chi connectivity index (χ1v) is 8.28. The Balaban J connectivity index is 1.76. The Kier molecular flexibility index (Phi) is 5.39. The lowest BCUT2D eigenvalue weighted by molar-refractivity contribution is 0.101. The third-order valence-electron chi connectivity index (χ3n) is 3.94. The Labute approximate surface area is 152 Å². The van der Waals surface area contributed by atoms with Crippen LogP contribution in [0.15, 0.2) is 79.0 Å². The second kappa shape index (κ2) is 8.07. The number of amides is 2. The van der Waals surface area contributed by atoms with Gasteiger partial charge in [0.25, 0.3) is 0 Å². The molecule has 0 aliphatic carbocycles. The maximum Gasteiger partial charge on any atom is 0.320 e. The molecule has 0 aliphatic rings. The zero-order valence-electron chi connectivity index (χ0n) is 14.3. The van der Waals surface area contributed by atoms with Gasteiger partial charge >= 0.3 is 6.03 Å². The summed E-state index contributed by atoms with van der Waals surface area (Å²) >= 11 is 0. The Hall–Kier alpha value is -3.47. The second-order valence-electron chi connectivity index (χ2n) is 5.83. The molecule has 0 bridgehead atoms. The lowest BCUT2D eigenvalue weighted by Gasteiger charge is -2.19. The van der Waals surface area contributed by atoms with Crippen LogP contribution in [-0.2, 0) is 0 Å². The van der Waals surface area contributed by atoms with Crippen molar-refractivity contribution in [3.63, 3.8) is 0 Å². The summed E-state index contributed by atoms with van der Waals surface area (Å²) in [6.45, 7) is 1.51. The zero-order valence-corrected chi connectivity index (χ0v) is 14.3. The van der Waals surface area contributed by atoms with Crippen molar-refractivity contribution >= 4 is 17.5 Å². The number of nitrogens with one attached hydrogen (secondary N) is 2. The molecule has 1 unspecified atom stereocenters. The number of ketones is 1. The van der Waals surface area contributed by atoms with Gasteiger partial charge in [0.15, 0.2) is 5.78 Å². The molecule has 130 valence electrons. The highest BCUT2D eigenvalue weighted by Gasteiger charge is 2.17. The molecule has 0 saturated heterocycles. The second-order valence-corrected chi connectivity index (χ2v) is 5.83. The highest BCUT2D eigenvalue weighted by molar-refractivity contribution is 5.95. The van der Waals surface area contributed by atoms with Gasteiger partial charge in [0.2, 0.25) is 0 Å². The Morgan fingerprint density at radius 1 is 0.885 bits per heavy atom. The van der Waals surface area contributed by atoms with Crippen molar-refractivity contribution < 1.29 is 9.59 Å². The number of carbonyl (C=O) groups excluding carboxylic acids is 2. The highest BCUT2D eigenvalue weighted by atomic mass is 16.2. The van der Waals surface area contributed by atoms with Gasteiger partial charge in [-0.15, -0.1) is 0 Å². The van der Waals surface area contributed by atoms with E-state index in [-0.39, 0.29) is 17.9 Å². The molecular formula is C21H19N3O2. The van der Waals surface area contributed by atoms with Crippen LogP contribution in [0.1, 0.15) is 34.6 Å². The largest absolute Gasteiger partial charge is 0.325 e. The zero-order chi connectivity index (χ0) is 18.4. The first-order valence-electron chi connectivity index (χ1n) is 8.28. The van der Waals surface area contributed by atoms with Crippen LogP contribution in [0.5, 0.6) is 0 Å². The number of nitrogens with zero attached hydrogens (tertiary/aromatic N) is 1. The van der Waals surface area contributed by atoms with Crippen molar-refractivity contribution in [1.82, 2.24) is 10.3 Å². The number of benzene rings is 2. The van der Waals surface area contributed by atoms with Gasteiger partial charge in [-0.1, -0.05) is 36.4 Å². The molecule has 3 rings (SSSR count). The minimum atomic E-state index is -0.367. The van der Waals surface area contributed by atoms with Gasteiger partial charge in [-0.3, -0.25) is 9.78 Å². The van der Waals surface area contributed by atoms with Gasteiger partial charge < -0.3 is 10.6 Å². The van der Waals surface area contributed by atoms with Crippen molar-refractivity contribution in [3.8, 4) is 0 Å². The number of hydrogen-bond donors (Lipinski definition) is 2. The molecule has 3 aromatic rings. The third kappa shape index (κ3) is 4.33. The quantitative estimate of drug-likeness (QED) is 0.681. The first kappa shape index (κ1) is 17.4. The number of urea groups is 1. The molecule has 2 amide bonds. The van der Waals surface area contributed by atoms with Gasteiger partial charge in [0, 0.05) is 17.4 Å². The van der Waals surface area contributed by atoms with E-state index in [0.29, 0.717) is 11.3 Å². The van der Waals surface area contributed by atoms with Crippen molar-refractivity contribution in [2.24, 2.45) is 0 Å². The summed E-state index contributed by atoms with van der Waals surface area (Å²) in [6.07, 6.45) is 1.70. The van der Waals surface area contributed by atoms with E-state index >= 15 is 0 Å². The Morgan fingerprint density at radius 2 is 1.58 bits per heavy atom. The number of pyridine rings is 1. The van der Waals surface area contributed by atoms with Crippen LogP contribution in [0.3, 0.4) is 0 Å². The first-order chi connectivity index (χ1) is 12.6. The standard InChI is InChI=1S/C21H19N3O2/c1-15(25)16-10-12-18(13-11-16)23-21(26)24-20(17-7-3-2-4-8-17)19-9-5-6-14-22-19/h2-14,20H,1H3,(H2,23,24,26). The Bertz CT molecular complexity index is 839. The number of Topliss-reactive ketones (excluding diaryl/α,β-unsaturated/α-hetero) is 1. The molecule has 1 atom stereocenters. The van der Waals surface area contributed by atoms with Crippen molar-refractivity contribution in [2.45, 2.75) is 13.0 Å². The summed E-state index contributed by atoms with van der Waals surface area (Å²) in [5, 5.41) is 5.74. The van der Waals surface area contributed by atoms with Crippen molar-refractivity contribution in [2.75, 3.05) is 5.32 Å². The van der Waals surface area contributed by atoms with E-state index in [1.54, 1.807) is 30.5 Å². The number of aromatic nitrogens is 1. The molecule has 5 heteroatoms.